The standard InChI is InChI=1S/C10H15N7O/c1-3-17(2)7(18)5-12-8-6-4-13-16-9(6)15-10(11)14-8/h4H,3,5H2,1-2H3,(H4,11,12,13,14,15,16). The number of aromatic amines is 1. The zero-order valence-corrected chi connectivity index (χ0v) is 10.3. The highest BCUT2D eigenvalue weighted by molar-refractivity contribution is 5.89. The molecule has 2 aromatic heterocycles. The van der Waals surface area contributed by atoms with Crippen molar-refractivity contribution in [2.75, 3.05) is 31.2 Å². The molecule has 0 saturated carbocycles. The Morgan fingerprint density at radius 3 is 3.06 bits per heavy atom. The minimum Gasteiger partial charge on any atom is -0.368 e. The molecule has 1 amide bonds. The summed E-state index contributed by atoms with van der Waals surface area (Å²) in [5, 5.41) is 10.2. The van der Waals surface area contributed by atoms with E-state index in [0.717, 1.165) is 0 Å². The second-order valence-corrected chi connectivity index (χ2v) is 3.82. The SMILES string of the molecule is CCN(C)C(=O)CNc1nc(N)nc2[nH]ncc12. The van der Waals surface area contributed by atoms with Gasteiger partial charge >= 0.3 is 0 Å². The smallest absolute Gasteiger partial charge is 0.241 e. The zero-order chi connectivity index (χ0) is 13.1. The molecule has 18 heavy (non-hydrogen) atoms. The minimum absolute atomic E-state index is 0.0219. The summed E-state index contributed by atoms with van der Waals surface area (Å²) in [4.78, 5) is 21.3. The number of fused-ring (bicyclic) bond motifs is 1. The van der Waals surface area contributed by atoms with Gasteiger partial charge in [0.1, 0.15) is 5.82 Å². The molecule has 0 saturated heterocycles. The second-order valence-electron chi connectivity index (χ2n) is 3.82. The second kappa shape index (κ2) is 4.86. The van der Waals surface area contributed by atoms with Gasteiger partial charge in [0.05, 0.1) is 18.1 Å². The van der Waals surface area contributed by atoms with E-state index < -0.39 is 0 Å². The van der Waals surface area contributed by atoms with Gasteiger partial charge in [-0.15, -0.1) is 0 Å². The number of carbonyl (C=O) groups is 1. The Labute approximate surface area is 104 Å². The predicted octanol–water partition coefficient (Wildman–Crippen LogP) is -0.175. The van der Waals surface area contributed by atoms with Crippen molar-refractivity contribution in [3.8, 4) is 0 Å². The topological polar surface area (TPSA) is 113 Å². The molecular formula is C10H15N7O. The molecule has 0 unspecified atom stereocenters. The number of nitrogen functional groups attached to an aromatic ring is 1. The number of anilines is 2. The monoisotopic (exact) mass is 249 g/mol. The molecule has 0 bridgehead atoms. The number of amides is 1. The van der Waals surface area contributed by atoms with Crippen molar-refractivity contribution >= 4 is 28.7 Å². The molecule has 0 fully saturated rings. The van der Waals surface area contributed by atoms with E-state index in [4.69, 9.17) is 5.73 Å². The lowest BCUT2D eigenvalue weighted by Crippen LogP contribution is -2.32. The fourth-order valence-electron chi connectivity index (χ4n) is 1.46. The lowest BCUT2D eigenvalue weighted by Gasteiger charge is -2.15. The maximum Gasteiger partial charge on any atom is 0.241 e. The molecule has 2 aromatic rings. The van der Waals surface area contributed by atoms with Crippen molar-refractivity contribution in [3.05, 3.63) is 6.20 Å². The Morgan fingerprint density at radius 2 is 2.33 bits per heavy atom. The quantitative estimate of drug-likeness (QED) is 0.693. The highest BCUT2D eigenvalue weighted by Crippen LogP contribution is 2.18. The summed E-state index contributed by atoms with van der Waals surface area (Å²) < 4.78 is 0. The third-order valence-corrected chi connectivity index (χ3v) is 2.63. The van der Waals surface area contributed by atoms with E-state index >= 15 is 0 Å². The fourth-order valence-corrected chi connectivity index (χ4v) is 1.46. The van der Waals surface area contributed by atoms with Gasteiger partial charge in [-0.25, -0.2) is 0 Å². The highest BCUT2D eigenvalue weighted by atomic mass is 16.2. The Morgan fingerprint density at radius 1 is 1.56 bits per heavy atom. The lowest BCUT2D eigenvalue weighted by molar-refractivity contribution is -0.127. The number of carbonyl (C=O) groups excluding carboxylic acids is 1. The van der Waals surface area contributed by atoms with Gasteiger partial charge in [0.2, 0.25) is 11.9 Å². The third kappa shape index (κ3) is 2.31. The van der Waals surface area contributed by atoms with Crippen LogP contribution in [0.1, 0.15) is 6.92 Å². The summed E-state index contributed by atoms with van der Waals surface area (Å²) in [6.07, 6.45) is 1.59. The van der Waals surface area contributed by atoms with Crippen molar-refractivity contribution < 1.29 is 4.79 Å². The number of H-pyrrole nitrogens is 1. The lowest BCUT2D eigenvalue weighted by atomic mass is 10.4. The van der Waals surface area contributed by atoms with Crippen molar-refractivity contribution in [1.29, 1.82) is 0 Å². The molecule has 0 atom stereocenters. The summed E-state index contributed by atoms with van der Waals surface area (Å²) in [6.45, 7) is 2.73. The van der Waals surface area contributed by atoms with Gasteiger partial charge in [-0.05, 0) is 6.92 Å². The summed E-state index contributed by atoms with van der Waals surface area (Å²) in [5.74, 6) is 0.612. The molecule has 96 valence electrons. The molecular weight excluding hydrogens is 234 g/mol. The molecule has 2 heterocycles. The molecule has 8 nitrogen and oxygen atoms in total. The van der Waals surface area contributed by atoms with Crippen LogP contribution in [-0.2, 0) is 4.79 Å². The predicted molar refractivity (Wildman–Crippen MR) is 67.9 cm³/mol. The molecule has 8 heteroatoms. The van der Waals surface area contributed by atoms with Crippen molar-refractivity contribution in [2.45, 2.75) is 6.92 Å². The normalized spacial score (nSPS) is 10.6. The van der Waals surface area contributed by atoms with Crippen molar-refractivity contribution in [3.63, 3.8) is 0 Å². The van der Waals surface area contributed by atoms with Crippen LogP contribution in [0.2, 0.25) is 0 Å². The molecule has 0 aromatic carbocycles. The van der Waals surface area contributed by atoms with Crippen LogP contribution < -0.4 is 11.1 Å². The van der Waals surface area contributed by atoms with Gasteiger partial charge in [-0.1, -0.05) is 0 Å². The molecule has 0 aliphatic rings. The molecule has 0 aliphatic carbocycles. The number of nitrogens with zero attached hydrogens (tertiary/aromatic N) is 4. The first-order valence-electron chi connectivity index (χ1n) is 5.56. The number of nitrogens with two attached hydrogens (primary N) is 1. The van der Waals surface area contributed by atoms with Gasteiger partial charge in [0, 0.05) is 13.6 Å². The third-order valence-electron chi connectivity index (χ3n) is 2.63. The molecule has 0 spiro atoms. The molecule has 0 aliphatic heterocycles. The average Bonchev–Trinajstić information content (AvgIpc) is 2.82. The maximum atomic E-state index is 11.7. The Balaban J connectivity index is 2.16. The number of aromatic nitrogens is 4. The van der Waals surface area contributed by atoms with Crippen LogP contribution in [0, 0.1) is 0 Å². The van der Waals surface area contributed by atoms with E-state index in [1.807, 2.05) is 6.92 Å². The maximum absolute atomic E-state index is 11.7. The Bertz CT molecular complexity index is 564. The van der Waals surface area contributed by atoms with E-state index in [1.165, 1.54) is 0 Å². The molecule has 2 rings (SSSR count). The average molecular weight is 249 g/mol. The van der Waals surface area contributed by atoms with Gasteiger partial charge in [-0.2, -0.15) is 15.1 Å². The fraction of sp³-hybridized carbons (Fsp3) is 0.400. The Hall–Kier alpha value is -2.38. The minimum atomic E-state index is -0.0219. The molecule has 0 radical (unpaired) electrons. The van der Waals surface area contributed by atoms with E-state index in [-0.39, 0.29) is 18.4 Å². The number of rotatable bonds is 4. The molecule has 4 N–H and O–H groups in total. The van der Waals surface area contributed by atoms with Gasteiger partial charge < -0.3 is 16.0 Å². The van der Waals surface area contributed by atoms with Gasteiger partial charge in [0.25, 0.3) is 0 Å². The largest absolute Gasteiger partial charge is 0.368 e. The summed E-state index contributed by atoms with van der Waals surface area (Å²) in [5.41, 5.74) is 6.11. The summed E-state index contributed by atoms with van der Waals surface area (Å²) >= 11 is 0. The Kier molecular flexibility index (Phi) is 3.26. The van der Waals surface area contributed by atoms with Gasteiger partial charge in [0.15, 0.2) is 5.65 Å². The first-order valence-corrected chi connectivity index (χ1v) is 5.56. The first-order chi connectivity index (χ1) is 8.61. The van der Waals surface area contributed by atoms with Crippen LogP contribution in [0.15, 0.2) is 6.20 Å². The van der Waals surface area contributed by atoms with E-state index in [2.05, 4.69) is 25.5 Å². The van der Waals surface area contributed by atoms with Crippen LogP contribution in [0.4, 0.5) is 11.8 Å². The van der Waals surface area contributed by atoms with E-state index in [0.29, 0.717) is 23.4 Å². The summed E-state index contributed by atoms with van der Waals surface area (Å²) in [6, 6.07) is 0. The van der Waals surface area contributed by atoms with Crippen molar-refractivity contribution in [1.82, 2.24) is 25.1 Å². The van der Waals surface area contributed by atoms with Crippen molar-refractivity contribution in [2.24, 2.45) is 0 Å². The van der Waals surface area contributed by atoms with Crippen LogP contribution in [-0.4, -0.2) is 51.1 Å². The van der Waals surface area contributed by atoms with Gasteiger partial charge in [-0.3, -0.25) is 9.89 Å². The number of nitrogens with one attached hydrogen (secondary N) is 2. The number of hydrogen-bond acceptors (Lipinski definition) is 6. The van der Waals surface area contributed by atoms with Crippen LogP contribution in [0.25, 0.3) is 11.0 Å². The first kappa shape index (κ1) is 12.1. The zero-order valence-electron chi connectivity index (χ0n) is 10.3. The number of hydrogen-bond donors (Lipinski definition) is 3. The number of likely N-dealkylation sites (N-methyl/N-ethyl adjacent to an activating group) is 1. The summed E-state index contributed by atoms with van der Waals surface area (Å²) in [7, 11) is 1.74. The van der Waals surface area contributed by atoms with E-state index in [1.54, 1.807) is 18.1 Å². The van der Waals surface area contributed by atoms with Crippen LogP contribution in [0.3, 0.4) is 0 Å². The van der Waals surface area contributed by atoms with Crippen LogP contribution in [0.5, 0.6) is 0 Å². The van der Waals surface area contributed by atoms with Crippen LogP contribution >= 0.6 is 0 Å². The van der Waals surface area contributed by atoms with E-state index in [9.17, 15) is 4.79 Å². The highest BCUT2D eigenvalue weighted by Gasteiger charge is 2.10.